The van der Waals surface area contributed by atoms with Gasteiger partial charge in [-0.1, -0.05) is 50.3 Å². The summed E-state index contributed by atoms with van der Waals surface area (Å²) in [5, 5.41) is 3.21. The summed E-state index contributed by atoms with van der Waals surface area (Å²) < 4.78 is 5.77. The molecule has 0 aliphatic rings. The molecule has 1 aromatic carbocycles. The van der Waals surface area contributed by atoms with Gasteiger partial charge in [-0.15, -0.1) is 0 Å². The minimum absolute atomic E-state index is 0.223. The number of rotatable bonds is 11. The van der Waals surface area contributed by atoms with Gasteiger partial charge in [0.1, 0.15) is 5.82 Å². The third-order valence-corrected chi connectivity index (χ3v) is 3.42. The van der Waals surface area contributed by atoms with Crippen LogP contribution in [-0.4, -0.2) is 19.0 Å². The molecular weight excluding hydrogens is 300 g/mol. The van der Waals surface area contributed by atoms with Crippen molar-refractivity contribution in [1.29, 1.82) is 0 Å². The van der Waals surface area contributed by atoms with E-state index in [-0.39, 0.29) is 5.82 Å². The van der Waals surface area contributed by atoms with Crippen molar-refractivity contribution in [2.75, 3.05) is 13.2 Å². The lowest BCUT2D eigenvalue weighted by molar-refractivity contribution is 0.222. The Morgan fingerprint density at radius 1 is 1.25 bits per heavy atom. The van der Waals surface area contributed by atoms with E-state index in [1.807, 2.05) is 6.07 Å². The number of aryl methyl sites for hydroxylation is 1. The van der Waals surface area contributed by atoms with Gasteiger partial charge in [0.25, 0.3) is 0 Å². The predicted octanol–water partition coefficient (Wildman–Crippen LogP) is 3.04. The molecule has 0 spiro atoms. The highest BCUT2D eigenvalue weighted by molar-refractivity contribution is 5.97. The van der Waals surface area contributed by atoms with E-state index in [1.165, 1.54) is 11.8 Å². The Morgan fingerprint density at radius 2 is 2.00 bits per heavy atom. The number of amidine groups is 1. The molecule has 0 atom stereocenters. The Hall–Kier alpha value is -2.43. The summed E-state index contributed by atoms with van der Waals surface area (Å²) in [5.41, 5.74) is 12.6. The van der Waals surface area contributed by atoms with Gasteiger partial charge in [-0.05, 0) is 31.2 Å². The minimum Gasteiger partial charge on any atom is -0.488 e. The standard InChI is InChI=1S/C19H30N4O/c1-3-4-13-22-19(23-16(2)21)18(15-20)24-14-9-8-12-17-10-6-5-7-11-17/h5-7,10-11,15H,2-4,8-9,12-14,20-21H2,1H3,(H,22,23)/b18-15+. The summed E-state index contributed by atoms with van der Waals surface area (Å²) in [7, 11) is 0. The highest BCUT2D eigenvalue weighted by Gasteiger charge is 2.08. The van der Waals surface area contributed by atoms with E-state index in [9.17, 15) is 0 Å². The molecule has 0 unspecified atom stereocenters. The Balaban J connectivity index is 2.41. The zero-order chi connectivity index (χ0) is 17.6. The number of ether oxygens (including phenoxy) is 1. The molecule has 0 heterocycles. The Morgan fingerprint density at radius 3 is 2.62 bits per heavy atom. The van der Waals surface area contributed by atoms with Crippen molar-refractivity contribution in [3.63, 3.8) is 0 Å². The average molecular weight is 330 g/mol. The monoisotopic (exact) mass is 330 g/mol. The second-order valence-corrected chi connectivity index (χ2v) is 5.55. The van der Waals surface area contributed by atoms with Crippen LogP contribution in [-0.2, 0) is 11.2 Å². The van der Waals surface area contributed by atoms with Gasteiger partial charge in [0.15, 0.2) is 11.6 Å². The number of hydrogen-bond acceptors (Lipinski definition) is 4. The molecule has 0 aromatic heterocycles. The molecule has 1 aromatic rings. The molecule has 0 radical (unpaired) electrons. The first-order chi connectivity index (χ1) is 11.7. The number of nitrogens with one attached hydrogen (secondary N) is 1. The first-order valence-corrected chi connectivity index (χ1v) is 8.53. The first kappa shape index (κ1) is 19.6. The molecular formula is C19H30N4O. The predicted molar refractivity (Wildman–Crippen MR) is 101 cm³/mol. The van der Waals surface area contributed by atoms with Gasteiger partial charge in [0.05, 0.1) is 6.61 Å². The fourth-order valence-corrected chi connectivity index (χ4v) is 2.16. The van der Waals surface area contributed by atoms with Crippen molar-refractivity contribution in [2.24, 2.45) is 16.5 Å². The summed E-state index contributed by atoms with van der Waals surface area (Å²) in [5.74, 6) is 1.28. The van der Waals surface area contributed by atoms with E-state index in [1.54, 1.807) is 0 Å². The van der Waals surface area contributed by atoms with E-state index >= 15 is 0 Å². The summed E-state index contributed by atoms with van der Waals surface area (Å²) in [6.07, 6.45) is 6.58. The second-order valence-electron chi connectivity index (χ2n) is 5.55. The fraction of sp³-hybridized carbons (Fsp3) is 0.421. The zero-order valence-corrected chi connectivity index (χ0v) is 14.6. The highest BCUT2D eigenvalue weighted by Crippen LogP contribution is 2.07. The van der Waals surface area contributed by atoms with Crippen LogP contribution in [0.4, 0.5) is 0 Å². The average Bonchev–Trinajstić information content (AvgIpc) is 2.58. The van der Waals surface area contributed by atoms with E-state index in [0.717, 1.165) is 38.6 Å². The fourth-order valence-electron chi connectivity index (χ4n) is 2.16. The molecule has 1 rings (SSSR count). The van der Waals surface area contributed by atoms with Crippen LogP contribution in [0.2, 0.25) is 0 Å². The molecule has 0 saturated carbocycles. The number of hydrogen-bond donors (Lipinski definition) is 3. The Bertz CT molecular complexity index is 538. The van der Waals surface area contributed by atoms with Gasteiger partial charge in [-0.25, -0.2) is 4.99 Å². The molecule has 24 heavy (non-hydrogen) atoms. The van der Waals surface area contributed by atoms with Crippen LogP contribution in [0.3, 0.4) is 0 Å². The molecule has 5 N–H and O–H groups in total. The van der Waals surface area contributed by atoms with Gasteiger partial charge in [0.2, 0.25) is 0 Å². The second kappa shape index (κ2) is 12.0. The van der Waals surface area contributed by atoms with Crippen molar-refractivity contribution >= 4 is 5.84 Å². The van der Waals surface area contributed by atoms with Crippen molar-refractivity contribution < 1.29 is 4.74 Å². The summed E-state index contributed by atoms with van der Waals surface area (Å²) in [4.78, 5) is 4.18. The third-order valence-electron chi connectivity index (χ3n) is 3.42. The van der Waals surface area contributed by atoms with E-state index < -0.39 is 0 Å². The molecule has 5 heteroatoms. The van der Waals surface area contributed by atoms with Crippen LogP contribution in [0.25, 0.3) is 0 Å². The van der Waals surface area contributed by atoms with Crippen LogP contribution < -0.4 is 16.8 Å². The number of nitrogens with two attached hydrogens (primary N) is 2. The van der Waals surface area contributed by atoms with Gasteiger partial charge >= 0.3 is 0 Å². The molecule has 0 aliphatic carbocycles. The molecule has 132 valence electrons. The molecule has 5 nitrogen and oxygen atoms in total. The molecule has 0 amide bonds. The summed E-state index contributed by atoms with van der Waals surface area (Å²) >= 11 is 0. The maximum absolute atomic E-state index is 5.77. The summed E-state index contributed by atoms with van der Waals surface area (Å²) in [6.45, 7) is 7.11. The molecule has 0 aliphatic heterocycles. The van der Waals surface area contributed by atoms with Crippen LogP contribution in [0, 0.1) is 0 Å². The normalized spacial score (nSPS) is 12.0. The molecule has 0 fully saturated rings. The SMILES string of the molecule is C=C(N)/N=C(NCCCC)\C(=C/N)OCCCCc1ccccc1. The van der Waals surface area contributed by atoms with Crippen LogP contribution >= 0.6 is 0 Å². The molecule has 0 bridgehead atoms. The smallest absolute Gasteiger partial charge is 0.176 e. The van der Waals surface area contributed by atoms with Gasteiger partial charge in [-0.2, -0.15) is 0 Å². The number of aliphatic imine (C=N–C) groups is 1. The van der Waals surface area contributed by atoms with Crippen molar-refractivity contribution in [1.82, 2.24) is 5.32 Å². The summed E-state index contributed by atoms with van der Waals surface area (Å²) in [6, 6.07) is 10.4. The quantitative estimate of drug-likeness (QED) is 0.252. The number of nitrogens with zero attached hydrogens (tertiary/aromatic N) is 1. The van der Waals surface area contributed by atoms with Gasteiger partial charge < -0.3 is 21.5 Å². The van der Waals surface area contributed by atoms with E-state index in [2.05, 4.69) is 48.1 Å². The Kier molecular flexibility index (Phi) is 9.85. The van der Waals surface area contributed by atoms with Crippen molar-refractivity contribution in [3.05, 3.63) is 60.3 Å². The maximum Gasteiger partial charge on any atom is 0.176 e. The van der Waals surface area contributed by atoms with Crippen LogP contribution in [0.1, 0.15) is 38.2 Å². The lowest BCUT2D eigenvalue weighted by Crippen LogP contribution is -2.29. The number of unbranched alkanes of at least 4 members (excludes halogenated alkanes) is 2. The van der Waals surface area contributed by atoms with Gasteiger partial charge in [-0.3, -0.25) is 0 Å². The zero-order valence-electron chi connectivity index (χ0n) is 14.6. The number of benzene rings is 1. The largest absolute Gasteiger partial charge is 0.488 e. The topological polar surface area (TPSA) is 85.7 Å². The van der Waals surface area contributed by atoms with E-state index in [4.69, 9.17) is 16.2 Å². The van der Waals surface area contributed by atoms with Crippen LogP contribution in [0.15, 0.2) is 59.7 Å². The highest BCUT2D eigenvalue weighted by atomic mass is 16.5. The Labute approximate surface area is 145 Å². The van der Waals surface area contributed by atoms with E-state index in [0.29, 0.717) is 18.2 Å². The van der Waals surface area contributed by atoms with Gasteiger partial charge in [0, 0.05) is 12.7 Å². The van der Waals surface area contributed by atoms with Crippen molar-refractivity contribution in [2.45, 2.75) is 39.0 Å². The lowest BCUT2D eigenvalue weighted by Gasteiger charge is -2.14. The molecule has 0 saturated heterocycles. The first-order valence-electron chi connectivity index (χ1n) is 8.53. The van der Waals surface area contributed by atoms with Crippen molar-refractivity contribution in [3.8, 4) is 0 Å². The van der Waals surface area contributed by atoms with Crippen LogP contribution in [0.5, 0.6) is 0 Å². The minimum atomic E-state index is 0.223. The maximum atomic E-state index is 5.77. The third kappa shape index (κ3) is 8.27. The lowest BCUT2D eigenvalue weighted by atomic mass is 10.1.